The van der Waals surface area contributed by atoms with Gasteiger partial charge in [-0.05, 0) is 40.2 Å². The Labute approximate surface area is 111 Å². The van der Waals surface area contributed by atoms with Crippen LogP contribution in [0.5, 0.6) is 0 Å². The molecule has 1 unspecified atom stereocenters. The van der Waals surface area contributed by atoms with E-state index in [0.717, 1.165) is 0 Å². The van der Waals surface area contributed by atoms with Crippen LogP contribution < -0.4 is 0 Å². The molecule has 1 aliphatic rings. The fraction of sp³-hybridized carbons (Fsp3) is 0.600. The van der Waals surface area contributed by atoms with E-state index in [4.69, 9.17) is 9.31 Å². The van der Waals surface area contributed by atoms with Crippen molar-refractivity contribution >= 4 is 7.12 Å². The van der Waals surface area contributed by atoms with Gasteiger partial charge in [-0.15, -0.1) is 0 Å². The van der Waals surface area contributed by atoms with E-state index >= 15 is 0 Å². The van der Waals surface area contributed by atoms with Crippen LogP contribution in [0.4, 0.5) is 0 Å². The predicted molar refractivity (Wildman–Crippen MR) is 75.7 cm³/mol. The Morgan fingerprint density at radius 2 is 1.61 bits per heavy atom. The van der Waals surface area contributed by atoms with Crippen LogP contribution in [0.2, 0.25) is 0 Å². The number of aryl methyl sites for hydroxylation is 1. The van der Waals surface area contributed by atoms with Crippen LogP contribution in [0.25, 0.3) is 0 Å². The molecule has 0 radical (unpaired) electrons. The largest absolute Gasteiger partial charge is 0.465 e. The van der Waals surface area contributed by atoms with Gasteiger partial charge in [0.05, 0.1) is 11.2 Å². The molecule has 0 spiro atoms. The molecule has 1 aromatic carbocycles. The summed E-state index contributed by atoms with van der Waals surface area (Å²) in [7, 11) is -0.170. The van der Waals surface area contributed by atoms with Crippen molar-refractivity contribution in [2.75, 3.05) is 0 Å². The monoisotopic (exact) mass is 246 g/mol. The second-order valence-corrected chi connectivity index (χ2v) is 6.33. The van der Waals surface area contributed by atoms with Crippen molar-refractivity contribution in [2.24, 2.45) is 0 Å². The second-order valence-electron chi connectivity index (χ2n) is 6.33. The molecule has 0 aromatic heterocycles. The average Bonchev–Trinajstić information content (AvgIpc) is 2.47. The first-order valence-corrected chi connectivity index (χ1v) is 6.65. The molecule has 1 aromatic rings. The Morgan fingerprint density at radius 3 is 2.11 bits per heavy atom. The quantitative estimate of drug-likeness (QED) is 0.740. The van der Waals surface area contributed by atoms with E-state index in [9.17, 15) is 0 Å². The zero-order valence-electron chi connectivity index (χ0n) is 12.3. The van der Waals surface area contributed by atoms with Crippen LogP contribution in [0.3, 0.4) is 0 Å². The van der Waals surface area contributed by atoms with Crippen LogP contribution in [0.1, 0.15) is 51.6 Å². The highest BCUT2D eigenvalue weighted by molar-refractivity contribution is 6.47. The topological polar surface area (TPSA) is 18.5 Å². The molecule has 2 nitrogen and oxygen atoms in total. The van der Waals surface area contributed by atoms with Gasteiger partial charge in [-0.1, -0.05) is 36.8 Å². The Bertz CT molecular complexity index is 424. The summed E-state index contributed by atoms with van der Waals surface area (Å²) in [6, 6.07) is 8.55. The van der Waals surface area contributed by atoms with Crippen LogP contribution in [-0.4, -0.2) is 18.3 Å². The number of rotatable bonds is 2. The third-order valence-electron chi connectivity index (χ3n) is 4.25. The lowest BCUT2D eigenvalue weighted by Crippen LogP contribution is -2.41. The van der Waals surface area contributed by atoms with Crippen molar-refractivity contribution < 1.29 is 9.31 Å². The molecular formula is C15H23BO2. The molecule has 0 amide bonds. The zero-order chi connectivity index (χ0) is 13.6. The Kier molecular flexibility index (Phi) is 3.33. The van der Waals surface area contributed by atoms with Crippen molar-refractivity contribution in [3.05, 3.63) is 35.4 Å². The molecule has 1 fully saturated rings. The molecule has 1 atom stereocenters. The molecule has 0 aliphatic carbocycles. The summed E-state index contributed by atoms with van der Waals surface area (Å²) in [6.07, 6.45) is 0. The van der Waals surface area contributed by atoms with Gasteiger partial charge in [0.1, 0.15) is 0 Å². The van der Waals surface area contributed by atoms with Gasteiger partial charge in [0, 0.05) is 5.82 Å². The SMILES string of the molecule is Cc1cccc(C(C)B2OC(C)(C)C(C)(C)O2)c1. The molecule has 1 heterocycles. The maximum Gasteiger partial charge on any atom is 0.465 e. The van der Waals surface area contributed by atoms with E-state index in [2.05, 4.69) is 65.8 Å². The molecule has 0 N–H and O–H groups in total. The van der Waals surface area contributed by atoms with Gasteiger partial charge in [0.15, 0.2) is 0 Å². The summed E-state index contributed by atoms with van der Waals surface area (Å²) in [4.78, 5) is 0. The summed E-state index contributed by atoms with van der Waals surface area (Å²) in [6.45, 7) is 12.6. The molecular weight excluding hydrogens is 223 g/mol. The van der Waals surface area contributed by atoms with E-state index in [-0.39, 0.29) is 24.1 Å². The molecule has 1 saturated heterocycles. The maximum absolute atomic E-state index is 6.10. The lowest BCUT2D eigenvalue weighted by molar-refractivity contribution is 0.00578. The molecule has 98 valence electrons. The highest BCUT2D eigenvalue weighted by atomic mass is 16.7. The highest BCUT2D eigenvalue weighted by Crippen LogP contribution is 2.40. The lowest BCUT2D eigenvalue weighted by atomic mass is 9.69. The first-order valence-electron chi connectivity index (χ1n) is 6.65. The predicted octanol–water partition coefficient (Wildman–Crippen LogP) is 3.73. The molecule has 18 heavy (non-hydrogen) atoms. The minimum Gasteiger partial charge on any atom is -0.403 e. The summed E-state index contributed by atoms with van der Waals surface area (Å²) in [5, 5.41) is 0. The normalized spacial score (nSPS) is 23.1. The average molecular weight is 246 g/mol. The molecule has 0 bridgehead atoms. The molecule has 2 rings (SSSR count). The fourth-order valence-electron chi connectivity index (χ4n) is 2.20. The maximum atomic E-state index is 6.10. The highest BCUT2D eigenvalue weighted by Gasteiger charge is 2.52. The van der Waals surface area contributed by atoms with Gasteiger partial charge in [-0.3, -0.25) is 0 Å². The van der Waals surface area contributed by atoms with Gasteiger partial charge in [-0.2, -0.15) is 0 Å². The van der Waals surface area contributed by atoms with Crippen LogP contribution in [-0.2, 0) is 9.31 Å². The zero-order valence-corrected chi connectivity index (χ0v) is 12.3. The van der Waals surface area contributed by atoms with Crippen molar-refractivity contribution in [3.8, 4) is 0 Å². The van der Waals surface area contributed by atoms with E-state index in [1.54, 1.807) is 0 Å². The van der Waals surface area contributed by atoms with E-state index in [0.29, 0.717) is 0 Å². The van der Waals surface area contributed by atoms with Gasteiger partial charge < -0.3 is 9.31 Å². The summed E-state index contributed by atoms with van der Waals surface area (Å²) < 4.78 is 12.2. The standard InChI is InChI=1S/C15H23BO2/c1-11-8-7-9-13(10-11)12(2)16-17-14(3,4)15(5,6)18-16/h7-10,12H,1-6H3. The Morgan fingerprint density at radius 1 is 1.06 bits per heavy atom. The Balaban J connectivity index is 2.20. The lowest BCUT2D eigenvalue weighted by Gasteiger charge is -2.32. The van der Waals surface area contributed by atoms with E-state index < -0.39 is 0 Å². The van der Waals surface area contributed by atoms with E-state index in [1.165, 1.54) is 11.1 Å². The molecule has 1 aliphatic heterocycles. The van der Waals surface area contributed by atoms with Crippen molar-refractivity contribution in [3.63, 3.8) is 0 Å². The summed E-state index contributed by atoms with van der Waals surface area (Å²) >= 11 is 0. The van der Waals surface area contributed by atoms with Gasteiger partial charge in [-0.25, -0.2) is 0 Å². The molecule has 0 saturated carbocycles. The van der Waals surface area contributed by atoms with Gasteiger partial charge in [0.25, 0.3) is 0 Å². The first kappa shape index (κ1) is 13.6. The van der Waals surface area contributed by atoms with Crippen LogP contribution >= 0.6 is 0 Å². The van der Waals surface area contributed by atoms with Crippen LogP contribution in [0.15, 0.2) is 24.3 Å². The number of benzene rings is 1. The minimum atomic E-state index is -0.254. The van der Waals surface area contributed by atoms with Crippen molar-refractivity contribution in [1.29, 1.82) is 0 Å². The second kappa shape index (κ2) is 4.39. The van der Waals surface area contributed by atoms with Gasteiger partial charge in [0.2, 0.25) is 0 Å². The van der Waals surface area contributed by atoms with Crippen LogP contribution in [0, 0.1) is 6.92 Å². The smallest absolute Gasteiger partial charge is 0.403 e. The third-order valence-corrected chi connectivity index (χ3v) is 4.25. The molecule has 3 heteroatoms. The minimum absolute atomic E-state index is 0.170. The summed E-state index contributed by atoms with van der Waals surface area (Å²) in [5.74, 6) is 0.242. The fourth-order valence-corrected chi connectivity index (χ4v) is 2.20. The number of hydrogen-bond donors (Lipinski definition) is 0. The number of hydrogen-bond acceptors (Lipinski definition) is 2. The summed E-state index contributed by atoms with van der Waals surface area (Å²) in [5.41, 5.74) is 2.04. The van der Waals surface area contributed by atoms with Crippen molar-refractivity contribution in [1.82, 2.24) is 0 Å². The van der Waals surface area contributed by atoms with Crippen molar-refractivity contribution in [2.45, 2.75) is 58.6 Å². The van der Waals surface area contributed by atoms with Gasteiger partial charge >= 0.3 is 7.12 Å². The van der Waals surface area contributed by atoms with E-state index in [1.807, 2.05) is 0 Å². The third kappa shape index (κ3) is 2.34. The first-order chi connectivity index (χ1) is 8.23. The Hall–Kier alpha value is -0.795.